The van der Waals surface area contributed by atoms with E-state index in [-0.39, 0.29) is 30.1 Å². The van der Waals surface area contributed by atoms with E-state index in [0.717, 1.165) is 12.3 Å². The van der Waals surface area contributed by atoms with Gasteiger partial charge in [-0.05, 0) is 75.5 Å². The Kier molecular flexibility index (Phi) is 4.94. The van der Waals surface area contributed by atoms with Crippen molar-refractivity contribution in [3.8, 4) is 0 Å². The second-order valence-electron chi connectivity index (χ2n) is 10.6. The first kappa shape index (κ1) is 19.7. The molecule has 4 aliphatic carbocycles. The van der Waals surface area contributed by atoms with Crippen LogP contribution in [0.3, 0.4) is 0 Å². The Morgan fingerprint density at radius 2 is 1.88 bits per heavy atom. The third kappa shape index (κ3) is 3.29. The van der Waals surface area contributed by atoms with Crippen LogP contribution in [0.25, 0.3) is 0 Å². The molecule has 4 bridgehead atoms. The van der Waals surface area contributed by atoms with E-state index in [2.05, 4.69) is 20.8 Å². The van der Waals surface area contributed by atoms with E-state index in [1.807, 2.05) is 20.8 Å². The predicted molar refractivity (Wildman–Crippen MR) is 100 cm³/mol. The standard InChI is InChI=1S/C22H36O4/c1-7-20(4,5)19(24)25-12-17(23)26-18-16-8-15-9-21(6,11-16)13-22(18,10-15)14(2)3/h14-16,18H,7-13H2,1-6H3. The first-order valence-electron chi connectivity index (χ1n) is 10.4. The van der Waals surface area contributed by atoms with Gasteiger partial charge in [0.1, 0.15) is 6.10 Å². The van der Waals surface area contributed by atoms with Gasteiger partial charge >= 0.3 is 11.9 Å². The van der Waals surface area contributed by atoms with Gasteiger partial charge in [0.25, 0.3) is 0 Å². The Bertz CT molecular complexity index is 581. The third-order valence-electron chi connectivity index (χ3n) is 7.76. The lowest BCUT2D eigenvalue weighted by Gasteiger charge is -2.65. The third-order valence-corrected chi connectivity index (χ3v) is 7.76. The van der Waals surface area contributed by atoms with Gasteiger partial charge < -0.3 is 9.47 Å². The van der Waals surface area contributed by atoms with E-state index in [1.165, 1.54) is 25.7 Å². The summed E-state index contributed by atoms with van der Waals surface area (Å²) in [5, 5.41) is 0. The summed E-state index contributed by atoms with van der Waals surface area (Å²) >= 11 is 0. The van der Waals surface area contributed by atoms with Gasteiger partial charge in [-0.3, -0.25) is 4.79 Å². The molecule has 4 saturated carbocycles. The summed E-state index contributed by atoms with van der Waals surface area (Å²) in [5.41, 5.74) is -0.0472. The van der Waals surface area contributed by atoms with E-state index in [4.69, 9.17) is 9.47 Å². The number of hydrogen-bond donors (Lipinski definition) is 0. The summed E-state index contributed by atoms with van der Waals surface area (Å²) in [6.07, 6.45) is 6.69. The molecule has 0 aromatic rings. The molecular formula is C22H36O4. The maximum Gasteiger partial charge on any atom is 0.344 e. The fourth-order valence-corrected chi connectivity index (χ4v) is 6.25. The largest absolute Gasteiger partial charge is 0.459 e. The number of carbonyl (C=O) groups excluding carboxylic acids is 2. The van der Waals surface area contributed by atoms with Crippen molar-refractivity contribution >= 4 is 11.9 Å². The monoisotopic (exact) mass is 364 g/mol. The van der Waals surface area contributed by atoms with Crippen LogP contribution in [0.4, 0.5) is 0 Å². The fourth-order valence-electron chi connectivity index (χ4n) is 6.25. The van der Waals surface area contributed by atoms with Gasteiger partial charge in [0.15, 0.2) is 6.61 Å². The Labute approximate surface area is 158 Å². The lowest BCUT2D eigenvalue weighted by atomic mass is 9.41. The number of hydrogen-bond acceptors (Lipinski definition) is 4. The molecule has 5 unspecified atom stereocenters. The first-order chi connectivity index (χ1) is 12.0. The number of esters is 2. The first-order valence-corrected chi connectivity index (χ1v) is 10.4. The highest BCUT2D eigenvalue weighted by Gasteiger charge is 2.63. The highest BCUT2D eigenvalue weighted by Crippen LogP contribution is 2.67. The predicted octanol–water partition coefficient (Wildman–Crippen LogP) is 4.75. The van der Waals surface area contributed by atoms with Crippen LogP contribution in [0.1, 0.15) is 80.1 Å². The van der Waals surface area contributed by atoms with Crippen LogP contribution in [-0.2, 0) is 19.1 Å². The van der Waals surface area contributed by atoms with E-state index in [0.29, 0.717) is 23.7 Å². The smallest absolute Gasteiger partial charge is 0.344 e. The molecule has 5 atom stereocenters. The van der Waals surface area contributed by atoms with Gasteiger partial charge in [0.2, 0.25) is 0 Å². The molecule has 148 valence electrons. The van der Waals surface area contributed by atoms with Gasteiger partial charge in [0, 0.05) is 5.41 Å². The summed E-state index contributed by atoms with van der Waals surface area (Å²) in [6.45, 7) is 12.3. The second kappa shape index (κ2) is 6.53. The van der Waals surface area contributed by atoms with Crippen molar-refractivity contribution in [2.45, 2.75) is 86.2 Å². The molecule has 4 nitrogen and oxygen atoms in total. The molecule has 0 spiro atoms. The Balaban J connectivity index is 1.67. The molecule has 0 saturated heterocycles. The molecule has 4 rings (SSSR count). The summed E-state index contributed by atoms with van der Waals surface area (Å²) < 4.78 is 11.3. The van der Waals surface area contributed by atoms with Crippen LogP contribution >= 0.6 is 0 Å². The summed E-state index contributed by atoms with van der Waals surface area (Å²) in [4.78, 5) is 24.6. The van der Waals surface area contributed by atoms with Crippen molar-refractivity contribution < 1.29 is 19.1 Å². The second-order valence-corrected chi connectivity index (χ2v) is 10.6. The Morgan fingerprint density at radius 1 is 1.19 bits per heavy atom. The zero-order valence-electron chi connectivity index (χ0n) is 17.4. The van der Waals surface area contributed by atoms with Crippen LogP contribution in [0.5, 0.6) is 0 Å². The van der Waals surface area contributed by atoms with Gasteiger partial charge in [0.05, 0.1) is 5.41 Å². The van der Waals surface area contributed by atoms with Crippen molar-refractivity contribution in [2.24, 2.45) is 34.0 Å². The zero-order valence-corrected chi connectivity index (χ0v) is 17.4. The molecule has 0 radical (unpaired) electrons. The molecule has 0 aliphatic heterocycles. The average Bonchev–Trinajstić information content (AvgIpc) is 2.54. The molecule has 0 aromatic heterocycles. The molecule has 4 aliphatic rings. The quantitative estimate of drug-likeness (QED) is 0.638. The highest BCUT2D eigenvalue weighted by molar-refractivity contribution is 5.79. The maximum absolute atomic E-state index is 12.5. The molecule has 0 heterocycles. The minimum atomic E-state index is -0.559. The molecular weight excluding hydrogens is 328 g/mol. The summed E-state index contributed by atoms with van der Waals surface area (Å²) in [5.74, 6) is 1.04. The zero-order chi connectivity index (χ0) is 19.3. The van der Waals surface area contributed by atoms with Crippen molar-refractivity contribution in [1.82, 2.24) is 0 Å². The summed E-state index contributed by atoms with van der Waals surface area (Å²) in [7, 11) is 0. The van der Waals surface area contributed by atoms with E-state index in [9.17, 15) is 9.59 Å². The molecule has 0 aromatic carbocycles. The number of ether oxygens (including phenoxy) is 2. The SMILES string of the molecule is CCC(C)(C)C(=O)OCC(=O)OC1C2CC3CC(C)(C2)CC1(C(C)C)C3. The van der Waals surface area contributed by atoms with Crippen LogP contribution in [0.2, 0.25) is 0 Å². The number of carbonyl (C=O) groups is 2. The topological polar surface area (TPSA) is 52.6 Å². The van der Waals surface area contributed by atoms with Crippen LogP contribution in [0, 0.1) is 34.0 Å². The molecule has 0 N–H and O–H groups in total. The van der Waals surface area contributed by atoms with Crippen molar-refractivity contribution in [3.05, 3.63) is 0 Å². The Morgan fingerprint density at radius 3 is 2.46 bits per heavy atom. The van der Waals surface area contributed by atoms with Crippen LogP contribution < -0.4 is 0 Å². The molecule has 4 heteroatoms. The van der Waals surface area contributed by atoms with Gasteiger partial charge in [-0.25, -0.2) is 4.79 Å². The van der Waals surface area contributed by atoms with Crippen LogP contribution in [-0.4, -0.2) is 24.6 Å². The molecule has 4 fully saturated rings. The van der Waals surface area contributed by atoms with Crippen molar-refractivity contribution in [3.63, 3.8) is 0 Å². The highest BCUT2D eigenvalue weighted by atomic mass is 16.6. The van der Waals surface area contributed by atoms with E-state index < -0.39 is 5.41 Å². The van der Waals surface area contributed by atoms with E-state index in [1.54, 1.807) is 0 Å². The number of rotatable bonds is 6. The van der Waals surface area contributed by atoms with Crippen molar-refractivity contribution in [2.75, 3.05) is 6.61 Å². The van der Waals surface area contributed by atoms with Gasteiger partial charge in [-0.2, -0.15) is 0 Å². The lowest BCUT2D eigenvalue weighted by Crippen LogP contribution is -2.62. The minimum absolute atomic E-state index is 0.0162. The molecule has 0 amide bonds. The van der Waals surface area contributed by atoms with Gasteiger partial charge in [-0.1, -0.05) is 27.7 Å². The minimum Gasteiger partial charge on any atom is -0.459 e. The van der Waals surface area contributed by atoms with Gasteiger partial charge in [-0.15, -0.1) is 0 Å². The fraction of sp³-hybridized carbons (Fsp3) is 0.909. The summed E-state index contributed by atoms with van der Waals surface area (Å²) in [6, 6.07) is 0. The molecule has 26 heavy (non-hydrogen) atoms. The lowest BCUT2D eigenvalue weighted by molar-refractivity contribution is -0.224. The maximum atomic E-state index is 12.5. The Hall–Kier alpha value is -1.06. The van der Waals surface area contributed by atoms with Crippen LogP contribution in [0.15, 0.2) is 0 Å². The normalized spacial score (nSPS) is 38.5. The van der Waals surface area contributed by atoms with E-state index >= 15 is 0 Å². The average molecular weight is 365 g/mol. The van der Waals surface area contributed by atoms with Crippen molar-refractivity contribution in [1.29, 1.82) is 0 Å².